The van der Waals surface area contributed by atoms with Gasteiger partial charge in [0.05, 0.1) is 6.61 Å². The van der Waals surface area contributed by atoms with Crippen LogP contribution in [0.2, 0.25) is 0 Å². The maximum absolute atomic E-state index is 12.6. The first-order chi connectivity index (χ1) is 29.6. The molecule has 342 valence electrons. The van der Waals surface area contributed by atoms with Crippen LogP contribution in [0.15, 0.2) is 97.2 Å². The fourth-order valence-electron chi connectivity index (χ4n) is 6.42. The molecule has 0 aliphatic rings. The van der Waals surface area contributed by atoms with Gasteiger partial charge in [-0.1, -0.05) is 195 Å². The third-order valence-electron chi connectivity index (χ3n) is 10.1. The normalized spacial score (nSPS) is 13.1. The fourth-order valence-corrected chi connectivity index (χ4v) is 6.42. The molecule has 0 aromatic rings. The molecule has 5 heteroatoms. The molecule has 0 saturated carbocycles. The SMILES string of the molecule is CC/C=C\C/C=C\C/C=C\C/C=C\C/C=C\CCCCCC(=O)OCC(COCCCCCCCCC/C=C\C/C=C\C/C=C\CCCCC)OC(=O)CCCCCCC. The molecule has 1 unspecified atom stereocenters. The number of carbonyl (C=O) groups is 2. The second-order valence-corrected chi connectivity index (χ2v) is 16.0. The number of ether oxygens (including phenoxy) is 3. The number of carbonyl (C=O) groups excluding carboxylic acids is 2. The van der Waals surface area contributed by atoms with E-state index in [4.69, 9.17) is 14.2 Å². The van der Waals surface area contributed by atoms with Crippen LogP contribution in [-0.2, 0) is 23.8 Å². The minimum absolute atomic E-state index is 0.0587. The van der Waals surface area contributed by atoms with Gasteiger partial charge >= 0.3 is 11.9 Å². The molecule has 0 heterocycles. The van der Waals surface area contributed by atoms with E-state index in [-0.39, 0.29) is 25.2 Å². The van der Waals surface area contributed by atoms with Gasteiger partial charge in [-0.3, -0.25) is 9.59 Å². The van der Waals surface area contributed by atoms with Gasteiger partial charge in [0.2, 0.25) is 0 Å². The van der Waals surface area contributed by atoms with Crippen molar-refractivity contribution in [2.75, 3.05) is 19.8 Å². The number of unbranched alkanes of at least 4 members (excludes halogenated alkanes) is 17. The van der Waals surface area contributed by atoms with Crippen molar-refractivity contribution in [3.63, 3.8) is 0 Å². The van der Waals surface area contributed by atoms with Crippen LogP contribution in [0.3, 0.4) is 0 Å². The van der Waals surface area contributed by atoms with E-state index in [1.54, 1.807) is 0 Å². The standard InChI is InChI=1S/C55H92O5/c1-4-7-10-13-15-17-19-21-23-25-27-29-31-33-35-37-39-41-44-47-50-58-51-53(60-55(57)49-46-42-12-9-6-3)52-59-54(56)48-45-43-40-38-36-34-32-30-28-26-24-22-20-18-16-14-11-8-5-2/h8,11,15-18,21-24,27-30,34,36,53H,4-7,9-10,12-14,19-20,25-26,31-33,35,37-52H2,1-3H3/b11-8-,17-15-,18-16-,23-21-,24-22-,29-27-,30-28-,36-34-. The Morgan fingerprint density at radius 3 is 1.25 bits per heavy atom. The van der Waals surface area contributed by atoms with Crippen molar-refractivity contribution in [1.29, 1.82) is 0 Å². The molecule has 0 rings (SSSR count). The molecule has 0 N–H and O–H groups in total. The largest absolute Gasteiger partial charge is 0.462 e. The molecule has 0 spiro atoms. The summed E-state index contributed by atoms with van der Waals surface area (Å²) in [6.07, 6.45) is 67.3. The van der Waals surface area contributed by atoms with Crippen molar-refractivity contribution in [2.45, 2.75) is 219 Å². The monoisotopic (exact) mass is 833 g/mol. The smallest absolute Gasteiger partial charge is 0.306 e. The third kappa shape index (κ3) is 47.5. The van der Waals surface area contributed by atoms with E-state index in [9.17, 15) is 9.59 Å². The molecule has 1 atom stereocenters. The van der Waals surface area contributed by atoms with Gasteiger partial charge in [0.1, 0.15) is 6.61 Å². The maximum atomic E-state index is 12.6. The quantitative estimate of drug-likeness (QED) is 0.0348. The van der Waals surface area contributed by atoms with Gasteiger partial charge in [0.25, 0.3) is 0 Å². The van der Waals surface area contributed by atoms with E-state index in [0.717, 1.165) is 103 Å². The fraction of sp³-hybridized carbons (Fsp3) is 0.673. The summed E-state index contributed by atoms with van der Waals surface area (Å²) in [7, 11) is 0. The van der Waals surface area contributed by atoms with Gasteiger partial charge in [-0.05, 0) is 103 Å². The van der Waals surface area contributed by atoms with E-state index in [1.807, 2.05) is 0 Å². The molecule has 60 heavy (non-hydrogen) atoms. The lowest BCUT2D eigenvalue weighted by atomic mass is 10.1. The maximum Gasteiger partial charge on any atom is 0.306 e. The van der Waals surface area contributed by atoms with Crippen LogP contribution in [0.1, 0.15) is 213 Å². The van der Waals surface area contributed by atoms with E-state index >= 15 is 0 Å². The lowest BCUT2D eigenvalue weighted by Gasteiger charge is -2.18. The molecule has 0 radical (unpaired) electrons. The van der Waals surface area contributed by atoms with Gasteiger partial charge in [-0.15, -0.1) is 0 Å². The average Bonchev–Trinajstić information content (AvgIpc) is 3.25. The minimum Gasteiger partial charge on any atom is -0.462 e. The highest BCUT2D eigenvalue weighted by Crippen LogP contribution is 2.12. The highest BCUT2D eigenvalue weighted by molar-refractivity contribution is 5.70. The predicted molar refractivity (Wildman–Crippen MR) is 260 cm³/mol. The Morgan fingerprint density at radius 2 is 0.750 bits per heavy atom. The summed E-state index contributed by atoms with van der Waals surface area (Å²) >= 11 is 0. The van der Waals surface area contributed by atoms with Crippen molar-refractivity contribution >= 4 is 11.9 Å². The topological polar surface area (TPSA) is 61.8 Å². The van der Waals surface area contributed by atoms with Gasteiger partial charge < -0.3 is 14.2 Å². The minimum atomic E-state index is -0.556. The van der Waals surface area contributed by atoms with Crippen molar-refractivity contribution in [3.05, 3.63) is 97.2 Å². The Kier molecular flexibility index (Phi) is 47.5. The lowest BCUT2D eigenvalue weighted by Crippen LogP contribution is -2.30. The summed E-state index contributed by atoms with van der Waals surface area (Å²) in [5.41, 5.74) is 0. The second kappa shape index (κ2) is 50.2. The molecule has 0 aliphatic heterocycles. The summed E-state index contributed by atoms with van der Waals surface area (Å²) in [4.78, 5) is 25.1. The van der Waals surface area contributed by atoms with Crippen LogP contribution < -0.4 is 0 Å². The summed E-state index contributed by atoms with van der Waals surface area (Å²) in [6, 6.07) is 0. The third-order valence-corrected chi connectivity index (χ3v) is 10.1. The molecule has 0 amide bonds. The summed E-state index contributed by atoms with van der Waals surface area (Å²) in [6.45, 7) is 7.55. The Balaban J connectivity index is 4.13. The van der Waals surface area contributed by atoms with Crippen LogP contribution in [0.4, 0.5) is 0 Å². The molecule has 0 aliphatic carbocycles. The van der Waals surface area contributed by atoms with E-state index in [2.05, 4.69) is 118 Å². The number of hydrogen-bond donors (Lipinski definition) is 0. The van der Waals surface area contributed by atoms with Crippen LogP contribution in [0.25, 0.3) is 0 Å². The van der Waals surface area contributed by atoms with Gasteiger partial charge in [0.15, 0.2) is 6.10 Å². The first-order valence-corrected chi connectivity index (χ1v) is 24.8. The Bertz CT molecular complexity index is 1170. The predicted octanol–water partition coefficient (Wildman–Crippen LogP) is 16.7. The lowest BCUT2D eigenvalue weighted by molar-refractivity contribution is -0.163. The zero-order valence-electron chi connectivity index (χ0n) is 39.2. The average molecular weight is 833 g/mol. The van der Waals surface area contributed by atoms with Crippen molar-refractivity contribution < 1.29 is 23.8 Å². The molecule has 0 aromatic heterocycles. The summed E-state index contributed by atoms with van der Waals surface area (Å²) < 4.78 is 17.2. The van der Waals surface area contributed by atoms with Crippen molar-refractivity contribution in [2.24, 2.45) is 0 Å². The van der Waals surface area contributed by atoms with Gasteiger partial charge in [0, 0.05) is 19.4 Å². The summed E-state index contributed by atoms with van der Waals surface area (Å²) in [5.74, 6) is -0.458. The first-order valence-electron chi connectivity index (χ1n) is 24.8. The van der Waals surface area contributed by atoms with Crippen LogP contribution in [-0.4, -0.2) is 37.9 Å². The van der Waals surface area contributed by atoms with Crippen molar-refractivity contribution in [3.8, 4) is 0 Å². The zero-order valence-corrected chi connectivity index (χ0v) is 39.2. The van der Waals surface area contributed by atoms with Gasteiger partial charge in [-0.2, -0.15) is 0 Å². The number of esters is 2. The van der Waals surface area contributed by atoms with Gasteiger partial charge in [-0.25, -0.2) is 0 Å². The molecule has 0 fully saturated rings. The number of rotatable bonds is 44. The Labute approximate surface area is 371 Å². The number of allylic oxidation sites excluding steroid dienone is 16. The van der Waals surface area contributed by atoms with E-state index in [1.165, 1.54) is 77.0 Å². The van der Waals surface area contributed by atoms with Crippen molar-refractivity contribution in [1.82, 2.24) is 0 Å². The first kappa shape index (κ1) is 56.8. The Hall–Kier alpha value is -3.18. The van der Waals surface area contributed by atoms with E-state index < -0.39 is 6.10 Å². The van der Waals surface area contributed by atoms with Crippen LogP contribution >= 0.6 is 0 Å². The molecular formula is C55H92O5. The molecule has 0 aromatic carbocycles. The summed E-state index contributed by atoms with van der Waals surface area (Å²) in [5, 5.41) is 0. The van der Waals surface area contributed by atoms with Crippen LogP contribution in [0.5, 0.6) is 0 Å². The highest BCUT2D eigenvalue weighted by atomic mass is 16.6. The molecule has 0 bridgehead atoms. The van der Waals surface area contributed by atoms with Crippen LogP contribution in [0, 0.1) is 0 Å². The zero-order chi connectivity index (χ0) is 43.5. The number of hydrogen-bond acceptors (Lipinski definition) is 5. The molecule has 5 nitrogen and oxygen atoms in total. The molecule has 0 saturated heterocycles. The molecular weight excluding hydrogens is 741 g/mol. The second-order valence-electron chi connectivity index (χ2n) is 16.0. The van der Waals surface area contributed by atoms with E-state index in [0.29, 0.717) is 19.4 Å². The highest BCUT2D eigenvalue weighted by Gasteiger charge is 2.17. The Morgan fingerprint density at radius 1 is 0.383 bits per heavy atom.